The number of anilines is 1. The van der Waals surface area contributed by atoms with Crippen molar-refractivity contribution >= 4 is 27.3 Å². The average molecular weight is 289 g/mol. The molecule has 4 nitrogen and oxygen atoms in total. The average Bonchev–Trinajstić information content (AvgIpc) is 2.75. The molecule has 1 aromatic heterocycles. The minimum atomic E-state index is -3.26. The predicted octanol–water partition coefficient (Wildman–Crippen LogP) is 2.30. The largest absolute Gasteiger partial charge is 0.366 e. The van der Waals surface area contributed by atoms with Gasteiger partial charge in [0.25, 0.3) is 0 Å². The van der Waals surface area contributed by atoms with Gasteiger partial charge >= 0.3 is 0 Å². The van der Waals surface area contributed by atoms with Crippen LogP contribution in [0.25, 0.3) is 0 Å². The Morgan fingerprint density at radius 3 is 2.94 bits per heavy atom. The van der Waals surface area contributed by atoms with Crippen LogP contribution in [0, 0.1) is 5.92 Å². The summed E-state index contributed by atoms with van der Waals surface area (Å²) >= 11 is 5.92. The molecule has 1 heterocycles. The molecular weight excluding hydrogens is 272 g/mol. The molecule has 0 aliphatic heterocycles. The topological polar surface area (TPSA) is 59.1 Å². The van der Waals surface area contributed by atoms with E-state index in [0.717, 1.165) is 19.3 Å². The van der Waals surface area contributed by atoms with Crippen molar-refractivity contribution in [2.24, 2.45) is 5.92 Å². The van der Waals surface area contributed by atoms with Gasteiger partial charge in [0.1, 0.15) is 10.7 Å². The maximum atomic E-state index is 11.7. The van der Waals surface area contributed by atoms with Gasteiger partial charge in [-0.2, -0.15) is 0 Å². The molecule has 2 unspecified atom stereocenters. The monoisotopic (exact) mass is 288 g/mol. The van der Waals surface area contributed by atoms with Crippen LogP contribution in [0.5, 0.6) is 0 Å². The summed E-state index contributed by atoms with van der Waals surface area (Å²) in [6, 6.07) is 3.43. The smallest absolute Gasteiger partial charge is 0.179 e. The second kappa shape index (κ2) is 5.45. The first-order valence-electron chi connectivity index (χ1n) is 6.00. The van der Waals surface area contributed by atoms with Gasteiger partial charge in [-0.15, -0.1) is 11.6 Å². The maximum absolute atomic E-state index is 11.7. The van der Waals surface area contributed by atoms with Crippen molar-refractivity contribution in [3.8, 4) is 0 Å². The third-order valence-electron chi connectivity index (χ3n) is 3.35. The second-order valence-electron chi connectivity index (χ2n) is 4.72. The SMILES string of the molecule is CS(=O)(=O)c1cccnc1NC1CCCC1CCl. The lowest BCUT2D eigenvalue weighted by Crippen LogP contribution is -2.26. The molecule has 0 radical (unpaired) electrons. The normalized spacial score (nSPS) is 24.1. The van der Waals surface area contributed by atoms with Crippen molar-refractivity contribution in [3.05, 3.63) is 18.3 Å². The molecule has 0 saturated heterocycles. The quantitative estimate of drug-likeness (QED) is 0.864. The Labute approximate surface area is 113 Å². The van der Waals surface area contributed by atoms with E-state index < -0.39 is 9.84 Å². The fourth-order valence-electron chi connectivity index (χ4n) is 2.39. The summed E-state index contributed by atoms with van der Waals surface area (Å²) in [5.41, 5.74) is 0. The molecule has 1 aliphatic rings. The van der Waals surface area contributed by atoms with Crippen molar-refractivity contribution in [1.29, 1.82) is 0 Å². The first-order valence-corrected chi connectivity index (χ1v) is 8.42. The lowest BCUT2D eigenvalue weighted by Gasteiger charge is -2.20. The van der Waals surface area contributed by atoms with Gasteiger partial charge in [0.15, 0.2) is 9.84 Å². The number of hydrogen-bond acceptors (Lipinski definition) is 4. The number of hydrogen-bond donors (Lipinski definition) is 1. The summed E-state index contributed by atoms with van der Waals surface area (Å²) in [5.74, 6) is 1.43. The van der Waals surface area contributed by atoms with Crippen LogP contribution in [0.1, 0.15) is 19.3 Å². The van der Waals surface area contributed by atoms with Crippen molar-refractivity contribution < 1.29 is 8.42 Å². The molecule has 1 fully saturated rings. The molecule has 0 aromatic carbocycles. The van der Waals surface area contributed by atoms with Crippen LogP contribution in [0.2, 0.25) is 0 Å². The van der Waals surface area contributed by atoms with Crippen LogP contribution in [-0.2, 0) is 9.84 Å². The van der Waals surface area contributed by atoms with E-state index in [0.29, 0.717) is 17.6 Å². The molecule has 0 amide bonds. The van der Waals surface area contributed by atoms with Crippen LogP contribution >= 0.6 is 11.6 Å². The van der Waals surface area contributed by atoms with E-state index in [2.05, 4.69) is 10.3 Å². The summed E-state index contributed by atoms with van der Waals surface area (Å²) in [6.07, 6.45) is 6.01. The lowest BCUT2D eigenvalue weighted by atomic mass is 10.1. The third kappa shape index (κ3) is 2.95. The van der Waals surface area contributed by atoms with Crippen molar-refractivity contribution in [1.82, 2.24) is 4.98 Å². The maximum Gasteiger partial charge on any atom is 0.179 e. The standard InChI is InChI=1S/C12H17ClN2O2S/c1-18(16,17)11-6-3-7-14-12(11)15-10-5-2-4-9(10)8-13/h3,6-7,9-10H,2,4-5,8H2,1H3,(H,14,15). The molecule has 0 bridgehead atoms. The third-order valence-corrected chi connectivity index (χ3v) is 4.87. The Balaban J connectivity index is 2.24. The van der Waals surface area contributed by atoms with Gasteiger partial charge in [0, 0.05) is 24.4 Å². The molecule has 18 heavy (non-hydrogen) atoms. The molecular formula is C12H17ClN2O2S. The van der Waals surface area contributed by atoms with Crippen molar-refractivity contribution in [2.45, 2.75) is 30.2 Å². The number of nitrogens with one attached hydrogen (secondary N) is 1. The number of halogens is 1. The van der Waals surface area contributed by atoms with E-state index in [4.69, 9.17) is 11.6 Å². The zero-order chi connectivity index (χ0) is 13.2. The molecule has 1 aromatic rings. The molecule has 1 aliphatic carbocycles. The van der Waals surface area contributed by atoms with Gasteiger partial charge in [-0.1, -0.05) is 6.42 Å². The highest BCUT2D eigenvalue weighted by Crippen LogP contribution is 2.30. The molecule has 100 valence electrons. The zero-order valence-corrected chi connectivity index (χ0v) is 11.8. The van der Waals surface area contributed by atoms with Gasteiger partial charge in [-0.05, 0) is 30.9 Å². The number of sulfone groups is 1. The summed E-state index contributed by atoms with van der Waals surface area (Å²) < 4.78 is 23.3. The number of nitrogens with zero attached hydrogens (tertiary/aromatic N) is 1. The van der Waals surface area contributed by atoms with Crippen LogP contribution in [-0.4, -0.2) is 31.6 Å². The van der Waals surface area contributed by atoms with E-state index in [1.54, 1.807) is 18.3 Å². The highest BCUT2D eigenvalue weighted by Gasteiger charge is 2.28. The van der Waals surface area contributed by atoms with Crippen LogP contribution in [0.3, 0.4) is 0 Å². The van der Waals surface area contributed by atoms with Gasteiger partial charge in [0.2, 0.25) is 0 Å². The molecule has 6 heteroatoms. The Morgan fingerprint density at radius 1 is 1.50 bits per heavy atom. The Kier molecular flexibility index (Phi) is 4.12. The van der Waals surface area contributed by atoms with Gasteiger partial charge in [0.05, 0.1) is 0 Å². The summed E-state index contributed by atoms with van der Waals surface area (Å²) in [4.78, 5) is 4.40. The Bertz CT molecular complexity index is 519. The number of rotatable bonds is 4. The molecule has 2 atom stereocenters. The van der Waals surface area contributed by atoms with Crippen LogP contribution < -0.4 is 5.32 Å². The van der Waals surface area contributed by atoms with Crippen molar-refractivity contribution in [2.75, 3.05) is 17.5 Å². The van der Waals surface area contributed by atoms with Crippen LogP contribution in [0.4, 0.5) is 5.82 Å². The number of pyridine rings is 1. The summed E-state index contributed by atoms with van der Waals surface area (Å²) in [6.45, 7) is 0. The number of aromatic nitrogens is 1. The number of alkyl halides is 1. The minimum Gasteiger partial charge on any atom is -0.366 e. The van der Waals surface area contributed by atoms with Gasteiger partial charge in [-0.25, -0.2) is 13.4 Å². The highest BCUT2D eigenvalue weighted by molar-refractivity contribution is 7.90. The van der Waals surface area contributed by atoms with Crippen molar-refractivity contribution in [3.63, 3.8) is 0 Å². The van der Waals surface area contributed by atoms with E-state index in [1.807, 2.05) is 0 Å². The highest BCUT2D eigenvalue weighted by atomic mass is 35.5. The van der Waals surface area contributed by atoms with Gasteiger partial charge < -0.3 is 5.32 Å². The first kappa shape index (κ1) is 13.6. The lowest BCUT2D eigenvalue weighted by molar-refractivity contribution is 0.559. The van der Waals surface area contributed by atoms with Crippen LogP contribution in [0.15, 0.2) is 23.2 Å². The summed E-state index contributed by atoms with van der Waals surface area (Å²) in [7, 11) is -3.26. The first-order chi connectivity index (χ1) is 8.52. The Morgan fingerprint density at radius 2 is 2.28 bits per heavy atom. The fraction of sp³-hybridized carbons (Fsp3) is 0.583. The van der Waals surface area contributed by atoms with E-state index in [9.17, 15) is 8.42 Å². The summed E-state index contributed by atoms with van der Waals surface area (Å²) in [5, 5.41) is 3.24. The van der Waals surface area contributed by atoms with Gasteiger partial charge in [-0.3, -0.25) is 0 Å². The molecule has 2 rings (SSSR count). The zero-order valence-electron chi connectivity index (χ0n) is 10.3. The Hall–Kier alpha value is -0.810. The molecule has 0 spiro atoms. The fourth-order valence-corrected chi connectivity index (χ4v) is 3.54. The molecule has 1 N–H and O–H groups in total. The molecule has 1 saturated carbocycles. The predicted molar refractivity (Wildman–Crippen MR) is 72.8 cm³/mol. The van der Waals surface area contributed by atoms with E-state index in [-0.39, 0.29) is 10.9 Å². The van der Waals surface area contributed by atoms with E-state index >= 15 is 0 Å². The minimum absolute atomic E-state index is 0.220. The second-order valence-corrected chi connectivity index (χ2v) is 7.01. The van der Waals surface area contributed by atoms with E-state index in [1.165, 1.54) is 6.26 Å².